The van der Waals surface area contributed by atoms with Crippen LogP contribution in [0.15, 0.2) is 65.2 Å². The lowest BCUT2D eigenvalue weighted by Gasteiger charge is -2.31. The van der Waals surface area contributed by atoms with Crippen LogP contribution in [0.4, 0.5) is 10.2 Å². The van der Waals surface area contributed by atoms with E-state index in [4.69, 9.17) is 9.15 Å². The summed E-state index contributed by atoms with van der Waals surface area (Å²) >= 11 is 0. The van der Waals surface area contributed by atoms with Crippen molar-refractivity contribution in [3.8, 4) is 17.0 Å². The van der Waals surface area contributed by atoms with E-state index < -0.39 is 5.97 Å². The SMILES string of the molecule is COc1ncccc1-c1ccc2oc(C(Nc3ccc(C(=O)N(C)CCC(=O)OF)cc3)C3CCCCC3)c(C)c2c1. The monoisotopic (exact) mass is 573 g/mol. The van der Waals surface area contributed by atoms with Crippen LogP contribution in [0.25, 0.3) is 22.1 Å². The molecule has 0 spiro atoms. The van der Waals surface area contributed by atoms with Gasteiger partial charge in [0, 0.05) is 52.1 Å². The third-order valence-electron chi connectivity index (χ3n) is 8.19. The van der Waals surface area contributed by atoms with Crippen molar-refractivity contribution in [3.05, 3.63) is 77.7 Å². The number of anilines is 1. The van der Waals surface area contributed by atoms with Crippen molar-refractivity contribution in [3.63, 3.8) is 0 Å². The summed E-state index contributed by atoms with van der Waals surface area (Å²) in [6.45, 7) is 2.17. The number of hydrogen-bond donors (Lipinski definition) is 1. The van der Waals surface area contributed by atoms with Crippen molar-refractivity contribution in [1.82, 2.24) is 9.88 Å². The number of aryl methyl sites for hydroxylation is 1. The fourth-order valence-corrected chi connectivity index (χ4v) is 5.85. The van der Waals surface area contributed by atoms with Crippen molar-refractivity contribution in [2.24, 2.45) is 5.92 Å². The normalized spacial score (nSPS) is 14.4. The first-order valence-corrected chi connectivity index (χ1v) is 14.4. The van der Waals surface area contributed by atoms with Gasteiger partial charge in [0.2, 0.25) is 5.88 Å². The first-order valence-electron chi connectivity index (χ1n) is 14.4. The summed E-state index contributed by atoms with van der Waals surface area (Å²) in [5.74, 6) is 0.642. The predicted molar refractivity (Wildman–Crippen MR) is 159 cm³/mol. The molecule has 2 heterocycles. The average Bonchev–Trinajstić information content (AvgIpc) is 3.37. The van der Waals surface area contributed by atoms with Gasteiger partial charge in [-0.3, -0.25) is 9.74 Å². The number of carbonyl (C=O) groups is 2. The van der Waals surface area contributed by atoms with Gasteiger partial charge in [-0.2, -0.15) is 0 Å². The molecule has 1 aliphatic carbocycles. The number of furan rings is 1. The second-order valence-corrected chi connectivity index (χ2v) is 10.9. The van der Waals surface area contributed by atoms with E-state index in [1.54, 1.807) is 32.5 Å². The van der Waals surface area contributed by atoms with Crippen LogP contribution in [0, 0.1) is 12.8 Å². The Morgan fingerprint density at radius 3 is 2.60 bits per heavy atom. The molecule has 220 valence electrons. The smallest absolute Gasteiger partial charge is 0.350 e. The number of ether oxygens (including phenoxy) is 1. The lowest BCUT2D eigenvalue weighted by Crippen LogP contribution is -2.29. The van der Waals surface area contributed by atoms with Crippen molar-refractivity contribution in [2.75, 3.05) is 26.0 Å². The maximum Gasteiger partial charge on any atom is 0.350 e. The van der Waals surface area contributed by atoms with E-state index in [0.717, 1.165) is 51.9 Å². The molecule has 0 saturated heterocycles. The van der Waals surface area contributed by atoms with Crippen LogP contribution < -0.4 is 10.1 Å². The lowest BCUT2D eigenvalue weighted by atomic mass is 9.82. The molecular weight excluding hydrogens is 537 g/mol. The molecule has 1 fully saturated rings. The number of halogens is 1. The number of hydrogen-bond acceptors (Lipinski definition) is 7. The Hall–Kier alpha value is -4.40. The fraction of sp³-hybridized carbons (Fsp3) is 0.364. The minimum Gasteiger partial charge on any atom is -0.481 e. The standard InChI is InChI=1S/C33H36FN3O5/c1-21-27-20-24(26-10-7-18-35-32(26)40-3)13-16-28(27)41-31(21)30(22-8-5-4-6-9-22)36-25-14-11-23(12-15-25)33(39)37(2)19-17-29(38)42-34/h7,10-16,18,20,22,30,36H,4-6,8-9,17,19H2,1-3H3. The summed E-state index contributed by atoms with van der Waals surface area (Å²) in [6, 6.07) is 17.3. The van der Waals surface area contributed by atoms with E-state index in [-0.39, 0.29) is 24.9 Å². The number of methoxy groups -OCH3 is 1. The number of rotatable bonds is 10. The van der Waals surface area contributed by atoms with E-state index >= 15 is 0 Å². The minimum absolute atomic E-state index is 0.0370. The molecule has 1 unspecified atom stereocenters. The van der Waals surface area contributed by atoms with Crippen LogP contribution in [0.2, 0.25) is 0 Å². The highest BCUT2D eigenvalue weighted by Gasteiger charge is 2.30. The van der Waals surface area contributed by atoms with Gasteiger partial charge in [0.25, 0.3) is 5.91 Å². The van der Waals surface area contributed by atoms with Crippen molar-refractivity contribution in [2.45, 2.75) is 51.5 Å². The number of aromatic nitrogens is 1. The quantitative estimate of drug-likeness (QED) is 0.211. The topological polar surface area (TPSA) is 93.9 Å². The summed E-state index contributed by atoms with van der Waals surface area (Å²) in [5.41, 5.74) is 5.22. The van der Waals surface area contributed by atoms with Crippen LogP contribution in [0.5, 0.6) is 5.88 Å². The van der Waals surface area contributed by atoms with Gasteiger partial charge in [-0.25, -0.2) is 9.78 Å². The molecule has 1 N–H and O–H groups in total. The predicted octanol–water partition coefficient (Wildman–Crippen LogP) is 7.44. The number of nitrogens with zero attached hydrogens (tertiary/aromatic N) is 2. The summed E-state index contributed by atoms with van der Waals surface area (Å²) in [4.78, 5) is 32.8. The zero-order chi connectivity index (χ0) is 29.6. The van der Waals surface area contributed by atoms with Gasteiger partial charge in [0.05, 0.1) is 19.6 Å². The molecule has 1 aliphatic rings. The van der Waals surface area contributed by atoms with Gasteiger partial charge in [0.15, 0.2) is 0 Å². The molecule has 1 amide bonds. The lowest BCUT2D eigenvalue weighted by molar-refractivity contribution is -0.183. The molecule has 0 radical (unpaired) electrons. The van der Waals surface area contributed by atoms with Crippen LogP contribution in [0.1, 0.15) is 66.2 Å². The Morgan fingerprint density at radius 2 is 1.88 bits per heavy atom. The van der Waals surface area contributed by atoms with E-state index in [2.05, 4.69) is 28.2 Å². The highest BCUT2D eigenvalue weighted by Crippen LogP contribution is 2.42. The van der Waals surface area contributed by atoms with E-state index in [9.17, 15) is 14.1 Å². The number of pyridine rings is 1. The van der Waals surface area contributed by atoms with E-state index in [1.165, 1.54) is 24.2 Å². The summed E-state index contributed by atoms with van der Waals surface area (Å²) in [7, 11) is 3.19. The van der Waals surface area contributed by atoms with Crippen molar-refractivity contribution < 1.29 is 28.2 Å². The van der Waals surface area contributed by atoms with Gasteiger partial charge in [-0.05, 0) is 79.8 Å². The van der Waals surface area contributed by atoms with Gasteiger partial charge >= 0.3 is 5.97 Å². The molecule has 0 aliphatic heterocycles. The van der Waals surface area contributed by atoms with E-state index in [1.807, 2.05) is 36.4 Å². The zero-order valence-corrected chi connectivity index (χ0v) is 24.2. The Labute approximate surface area is 244 Å². The second kappa shape index (κ2) is 13.1. The molecule has 4 aromatic rings. The molecule has 8 nitrogen and oxygen atoms in total. The Kier molecular flexibility index (Phi) is 9.05. The zero-order valence-electron chi connectivity index (χ0n) is 24.2. The molecule has 42 heavy (non-hydrogen) atoms. The van der Waals surface area contributed by atoms with Crippen LogP contribution in [0.3, 0.4) is 0 Å². The van der Waals surface area contributed by atoms with Crippen molar-refractivity contribution in [1.29, 1.82) is 0 Å². The van der Waals surface area contributed by atoms with Gasteiger partial charge < -0.3 is 19.4 Å². The molecule has 0 bridgehead atoms. The second-order valence-electron chi connectivity index (χ2n) is 10.9. The molecule has 1 saturated carbocycles. The highest BCUT2D eigenvalue weighted by molar-refractivity contribution is 5.94. The molecular formula is C33H36FN3O5. The number of nitrogens with one attached hydrogen (secondary N) is 1. The molecule has 2 aromatic carbocycles. The molecule has 9 heteroatoms. The Balaban J connectivity index is 1.41. The van der Waals surface area contributed by atoms with Gasteiger partial charge in [-0.15, -0.1) is 0 Å². The van der Waals surface area contributed by atoms with Gasteiger partial charge in [0.1, 0.15) is 11.3 Å². The number of carbonyl (C=O) groups excluding carboxylic acids is 2. The fourth-order valence-electron chi connectivity index (χ4n) is 5.85. The van der Waals surface area contributed by atoms with Gasteiger partial charge in [-0.1, -0.05) is 25.3 Å². The molecule has 5 rings (SSSR count). The summed E-state index contributed by atoms with van der Waals surface area (Å²) in [6.07, 6.45) is 7.33. The third-order valence-corrected chi connectivity index (χ3v) is 8.19. The number of fused-ring (bicyclic) bond motifs is 1. The largest absolute Gasteiger partial charge is 0.481 e. The molecule has 1 atom stereocenters. The number of benzene rings is 2. The van der Waals surface area contributed by atoms with Crippen LogP contribution >= 0.6 is 0 Å². The van der Waals surface area contributed by atoms with E-state index in [0.29, 0.717) is 17.4 Å². The van der Waals surface area contributed by atoms with Crippen LogP contribution in [-0.2, 0) is 9.74 Å². The summed E-state index contributed by atoms with van der Waals surface area (Å²) in [5, 5.41) is 4.78. The minimum atomic E-state index is -1.00. The summed E-state index contributed by atoms with van der Waals surface area (Å²) < 4.78 is 24.0. The van der Waals surface area contributed by atoms with Crippen molar-refractivity contribution >= 4 is 28.5 Å². The maximum atomic E-state index is 12.8. The average molecular weight is 574 g/mol. The molecule has 2 aromatic heterocycles. The first-order chi connectivity index (χ1) is 20.4. The highest BCUT2D eigenvalue weighted by atomic mass is 19.3. The Bertz CT molecular complexity index is 1550. The maximum absolute atomic E-state index is 12.8. The first kappa shape index (κ1) is 29.1. The third kappa shape index (κ3) is 6.25. The van der Waals surface area contributed by atoms with Crippen LogP contribution in [-0.4, -0.2) is 42.5 Å². The Morgan fingerprint density at radius 1 is 1.12 bits per heavy atom. The number of amides is 1.